The summed E-state index contributed by atoms with van der Waals surface area (Å²) in [5.41, 5.74) is 0.435. The maximum atomic E-state index is 13.7. The molecule has 7 nitrogen and oxygen atoms in total. The molecule has 0 fully saturated rings. The molecule has 0 spiro atoms. The quantitative estimate of drug-likeness (QED) is 0.405. The number of halogens is 5. The fourth-order valence-electron chi connectivity index (χ4n) is 2.93. The number of carbonyl (C=O) groups excluding carboxylic acids is 1. The van der Waals surface area contributed by atoms with Gasteiger partial charge in [-0.25, -0.2) is 8.78 Å². The molecule has 4 aromatic rings. The molecular formula is C21H13F5N4O3. The first-order valence-electron chi connectivity index (χ1n) is 9.28. The lowest BCUT2D eigenvalue weighted by atomic mass is 10.2. The highest BCUT2D eigenvalue weighted by molar-refractivity contribution is 5.91. The molecule has 12 heteroatoms. The van der Waals surface area contributed by atoms with Crippen molar-refractivity contribution in [3.63, 3.8) is 0 Å². The molecule has 33 heavy (non-hydrogen) atoms. The Labute approximate surface area is 182 Å². The van der Waals surface area contributed by atoms with Gasteiger partial charge >= 0.3 is 6.36 Å². The summed E-state index contributed by atoms with van der Waals surface area (Å²) in [5.74, 6) is -2.38. The molecule has 0 atom stereocenters. The van der Waals surface area contributed by atoms with Gasteiger partial charge in [-0.1, -0.05) is 5.16 Å². The van der Waals surface area contributed by atoms with Gasteiger partial charge in [-0.2, -0.15) is 4.98 Å². The highest BCUT2D eigenvalue weighted by Crippen LogP contribution is 2.27. The first-order chi connectivity index (χ1) is 15.7. The van der Waals surface area contributed by atoms with Gasteiger partial charge in [-0.05, 0) is 48.5 Å². The van der Waals surface area contributed by atoms with E-state index in [9.17, 15) is 26.7 Å². The third-order valence-electron chi connectivity index (χ3n) is 4.34. The fraction of sp³-hybridized carbons (Fsp3) is 0.0952. The largest absolute Gasteiger partial charge is 0.573 e. The molecule has 2 aromatic carbocycles. The Bertz CT molecular complexity index is 1280. The van der Waals surface area contributed by atoms with E-state index < -0.39 is 29.7 Å². The Hall–Kier alpha value is -4.22. The number of nitrogens with one attached hydrogen (secondary N) is 1. The molecule has 0 aliphatic rings. The zero-order valence-corrected chi connectivity index (χ0v) is 16.4. The lowest BCUT2D eigenvalue weighted by Gasteiger charge is -2.09. The van der Waals surface area contributed by atoms with Crippen LogP contribution in [0.5, 0.6) is 5.75 Å². The van der Waals surface area contributed by atoms with Crippen LogP contribution >= 0.6 is 0 Å². The zero-order chi connectivity index (χ0) is 23.6. The second-order valence-corrected chi connectivity index (χ2v) is 6.69. The molecule has 1 N–H and O–H groups in total. The number of carbonyl (C=O) groups is 1. The van der Waals surface area contributed by atoms with Crippen LogP contribution in [0, 0.1) is 11.6 Å². The Kier molecular flexibility index (Phi) is 5.82. The minimum absolute atomic E-state index is 0.0374. The van der Waals surface area contributed by atoms with Crippen LogP contribution in [0.4, 0.5) is 27.6 Å². The summed E-state index contributed by atoms with van der Waals surface area (Å²) < 4.78 is 74.4. The molecule has 2 aromatic heterocycles. The van der Waals surface area contributed by atoms with Crippen molar-refractivity contribution in [3.05, 3.63) is 72.4 Å². The third-order valence-corrected chi connectivity index (χ3v) is 4.34. The molecule has 170 valence electrons. The number of hydrogen-bond donors (Lipinski definition) is 1. The normalized spacial score (nSPS) is 11.4. The molecule has 0 aliphatic carbocycles. The minimum Gasteiger partial charge on any atom is -0.406 e. The highest BCUT2D eigenvalue weighted by atomic mass is 19.4. The van der Waals surface area contributed by atoms with E-state index in [0.29, 0.717) is 11.3 Å². The van der Waals surface area contributed by atoms with E-state index in [1.807, 2.05) is 0 Å². The number of anilines is 1. The number of amides is 1. The van der Waals surface area contributed by atoms with Crippen LogP contribution in [0.15, 0.2) is 65.3 Å². The van der Waals surface area contributed by atoms with Gasteiger partial charge in [0, 0.05) is 17.8 Å². The topological polar surface area (TPSA) is 82.2 Å². The van der Waals surface area contributed by atoms with Crippen LogP contribution in [0.2, 0.25) is 0 Å². The SMILES string of the molecule is O=C(Cn1cccc1-c1nc(-c2ccc(OC(F)(F)F)cc2)no1)Nc1cc(F)ccc1F. The van der Waals surface area contributed by atoms with Crippen LogP contribution in [0.1, 0.15) is 0 Å². The summed E-state index contributed by atoms with van der Waals surface area (Å²) >= 11 is 0. The number of nitrogens with zero attached hydrogens (tertiary/aromatic N) is 3. The molecule has 1 amide bonds. The van der Waals surface area contributed by atoms with Crippen LogP contribution < -0.4 is 10.1 Å². The van der Waals surface area contributed by atoms with Crippen molar-refractivity contribution in [1.29, 1.82) is 0 Å². The number of aromatic nitrogens is 3. The highest BCUT2D eigenvalue weighted by Gasteiger charge is 2.31. The van der Waals surface area contributed by atoms with Crippen molar-refractivity contribution in [2.75, 3.05) is 5.32 Å². The Morgan fingerprint density at radius 2 is 1.85 bits per heavy atom. The second-order valence-electron chi connectivity index (χ2n) is 6.69. The molecule has 0 saturated carbocycles. The van der Waals surface area contributed by atoms with E-state index in [2.05, 4.69) is 20.2 Å². The lowest BCUT2D eigenvalue weighted by molar-refractivity contribution is -0.274. The number of benzene rings is 2. The summed E-state index contributed by atoms with van der Waals surface area (Å²) in [6.07, 6.45) is -3.26. The van der Waals surface area contributed by atoms with Gasteiger partial charge in [0.2, 0.25) is 11.7 Å². The van der Waals surface area contributed by atoms with Gasteiger partial charge in [-0.15, -0.1) is 13.2 Å². The van der Waals surface area contributed by atoms with Crippen molar-refractivity contribution in [2.45, 2.75) is 12.9 Å². The molecule has 0 saturated heterocycles. The average Bonchev–Trinajstić information content (AvgIpc) is 3.39. The van der Waals surface area contributed by atoms with Crippen molar-refractivity contribution in [2.24, 2.45) is 0 Å². The number of rotatable bonds is 6. The van der Waals surface area contributed by atoms with Crippen molar-refractivity contribution in [1.82, 2.24) is 14.7 Å². The van der Waals surface area contributed by atoms with Crippen LogP contribution in [-0.2, 0) is 11.3 Å². The lowest BCUT2D eigenvalue weighted by Crippen LogP contribution is -2.19. The van der Waals surface area contributed by atoms with Crippen molar-refractivity contribution in [3.8, 4) is 28.7 Å². The number of hydrogen-bond acceptors (Lipinski definition) is 5. The van der Waals surface area contributed by atoms with Crippen LogP contribution in [0.3, 0.4) is 0 Å². The number of ether oxygens (including phenoxy) is 1. The average molecular weight is 464 g/mol. The van der Waals surface area contributed by atoms with Crippen molar-refractivity contribution < 1.29 is 36.0 Å². The summed E-state index contributed by atoms with van der Waals surface area (Å²) in [7, 11) is 0. The standard InChI is InChI=1S/C21H13F5N4O3/c22-13-5-8-15(23)16(10-13)27-18(31)11-30-9-1-2-17(30)20-28-19(29-33-20)12-3-6-14(7-4-12)32-21(24,25)26/h1-10H,11H2,(H,27,31). The smallest absolute Gasteiger partial charge is 0.406 e. The minimum atomic E-state index is -4.81. The maximum Gasteiger partial charge on any atom is 0.573 e. The zero-order valence-electron chi connectivity index (χ0n) is 16.4. The first-order valence-corrected chi connectivity index (χ1v) is 9.28. The summed E-state index contributed by atoms with van der Waals surface area (Å²) in [4.78, 5) is 16.5. The van der Waals surface area contributed by atoms with Crippen LogP contribution in [-0.4, -0.2) is 27.0 Å². The predicted octanol–water partition coefficient (Wildman–Crippen LogP) is 5.02. The van der Waals surface area contributed by atoms with Gasteiger partial charge < -0.3 is 19.1 Å². The molecular weight excluding hydrogens is 451 g/mol. The van der Waals surface area contributed by atoms with E-state index in [4.69, 9.17) is 4.52 Å². The number of alkyl halides is 3. The van der Waals surface area contributed by atoms with Gasteiger partial charge in [0.05, 0.1) is 5.69 Å². The fourth-order valence-corrected chi connectivity index (χ4v) is 2.93. The van der Waals surface area contributed by atoms with E-state index in [1.54, 1.807) is 18.3 Å². The predicted molar refractivity (Wildman–Crippen MR) is 105 cm³/mol. The maximum absolute atomic E-state index is 13.7. The van der Waals surface area contributed by atoms with Gasteiger partial charge in [0.1, 0.15) is 29.6 Å². The monoisotopic (exact) mass is 464 g/mol. The van der Waals surface area contributed by atoms with Gasteiger partial charge in [0.15, 0.2) is 0 Å². The summed E-state index contributed by atoms with van der Waals surface area (Å²) in [6, 6.07) is 10.8. The van der Waals surface area contributed by atoms with E-state index >= 15 is 0 Å². The Morgan fingerprint density at radius 3 is 2.58 bits per heavy atom. The van der Waals surface area contributed by atoms with E-state index in [-0.39, 0.29) is 23.9 Å². The third kappa shape index (κ3) is 5.34. The van der Waals surface area contributed by atoms with Gasteiger partial charge in [0.25, 0.3) is 5.89 Å². The molecule has 0 radical (unpaired) electrons. The van der Waals surface area contributed by atoms with Gasteiger partial charge in [-0.3, -0.25) is 4.79 Å². The first kappa shape index (κ1) is 22.0. The van der Waals surface area contributed by atoms with E-state index in [1.165, 1.54) is 16.7 Å². The van der Waals surface area contributed by atoms with E-state index in [0.717, 1.165) is 30.3 Å². The summed E-state index contributed by atoms with van der Waals surface area (Å²) in [5, 5.41) is 6.09. The van der Waals surface area contributed by atoms with Crippen LogP contribution in [0.25, 0.3) is 23.0 Å². The second kappa shape index (κ2) is 8.73. The van der Waals surface area contributed by atoms with Crippen molar-refractivity contribution >= 4 is 11.6 Å². The molecule has 2 heterocycles. The summed E-state index contributed by atoms with van der Waals surface area (Å²) in [6.45, 7) is -0.264. The Balaban J connectivity index is 1.48. The molecule has 0 aliphatic heterocycles. The Morgan fingerprint density at radius 1 is 1.09 bits per heavy atom. The molecule has 0 bridgehead atoms. The molecule has 4 rings (SSSR count). The molecule has 0 unspecified atom stereocenters.